The number of nitrogens with one attached hydrogen (secondary N) is 1. The quantitative estimate of drug-likeness (QED) is 0.586. The third kappa shape index (κ3) is 5.25. The third-order valence-electron chi connectivity index (χ3n) is 5.29. The number of hydrogen-bond acceptors (Lipinski definition) is 7. The van der Waals surface area contributed by atoms with Gasteiger partial charge in [0.05, 0.1) is 5.41 Å². The summed E-state index contributed by atoms with van der Waals surface area (Å²) in [6.45, 7) is 3.38. The van der Waals surface area contributed by atoms with Gasteiger partial charge in [-0.3, -0.25) is 9.59 Å². The van der Waals surface area contributed by atoms with Crippen molar-refractivity contribution in [1.29, 1.82) is 0 Å². The summed E-state index contributed by atoms with van der Waals surface area (Å²) in [4.78, 5) is 49.4. The lowest BCUT2D eigenvalue weighted by molar-refractivity contribution is -0.155. The van der Waals surface area contributed by atoms with Crippen LogP contribution in [0.2, 0.25) is 0 Å². The number of fused-ring (bicyclic) bond motifs is 1. The second-order valence-electron chi connectivity index (χ2n) is 8.15. The normalized spacial score (nSPS) is 17.4. The van der Waals surface area contributed by atoms with Crippen LogP contribution in [-0.4, -0.2) is 66.3 Å². The van der Waals surface area contributed by atoms with E-state index in [1.165, 1.54) is 13.8 Å². The Morgan fingerprint density at radius 3 is 2.71 bits per heavy atom. The molecule has 0 radical (unpaired) electrons. The number of carboxylic acid groups (broad SMARTS) is 1. The van der Waals surface area contributed by atoms with Crippen molar-refractivity contribution in [1.82, 2.24) is 10.2 Å². The van der Waals surface area contributed by atoms with Gasteiger partial charge in [-0.1, -0.05) is 6.07 Å². The summed E-state index contributed by atoms with van der Waals surface area (Å²) in [6.07, 6.45) is 0.673. The van der Waals surface area contributed by atoms with Crippen molar-refractivity contribution in [3.63, 3.8) is 0 Å². The van der Waals surface area contributed by atoms with E-state index in [0.717, 1.165) is 10.5 Å². The fraction of sp³-hybridized carbons (Fsp3) is 0.524. The van der Waals surface area contributed by atoms with Crippen LogP contribution >= 0.6 is 0 Å². The average Bonchev–Trinajstić information content (AvgIpc) is 3.40. The van der Waals surface area contributed by atoms with Crippen LogP contribution in [0.3, 0.4) is 0 Å². The molecule has 10 heteroatoms. The van der Waals surface area contributed by atoms with Gasteiger partial charge in [0.2, 0.25) is 12.6 Å². The molecule has 0 bridgehead atoms. The minimum absolute atomic E-state index is 0.190. The Labute approximate surface area is 179 Å². The third-order valence-corrected chi connectivity index (χ3v) is 5.29. The van der Waals surface area contributed by atoms with E-state index in [0.29, 0.717) is 37.3 Å². The second-order valence-corrected chi connectivity index (χ2v) is 8.15. The number of carboxylic acids is 1. The Morgan fingerprint density at radius 1 is 1.23 bits per heavy atom. The van der Waals surface area contributed by atoms with E-state index in [2.05, 4.69) is 5.32 Å². The Balaban J connectivity index is 1.44. The predicted molar refractivity (Wildman–Crippen MR) is 107 cm³/mol. The molecule has 1 aromatic rings. The van der Waals surface area contributed by atoms with Crippen molar-refractivity contribution < 1.29 is 38.5 Å². The Kier molecular flexibility index (Phi) is 6.67. The molecule has 0 saturated carbocycles. The topological polar surface area (TPSA) is 131 Å². The lowest BCUT2D eigenvalue weighted by Crippen LogP contribution is -2.49. The summed E-state index contributed by atoms with van der Waals surface area (Å²) in [5, 5.41) is 11.8. The molecule has 0 spiro atoms. The summed E-state index contributed by atoms with van der Waals surface area (Å²) in [5.74, 6) is -1.43. The number of alkyl carbamates (subject to hydrolysis) is 1. The number of likely N-dealkylation sites (tertiary alicyclic amines) is 1. The zero-order chi connectivity index (χ0) is 22.6. The SMILES string of the molecule is CC(C)(COC(=O)NCCc1ccc2c(c1)OCO2)C(=O)C(=O)N1CCCC1C(=O)O. The van der Waals surface area contributed by atoms with Gasteiger partial charge in [-0.25, -0.2) is 9.59 Å². The number of ketones is 1. The number of carbonyl (C=O) groups excluding carboxylic acids is 3. The van der Waals surface area contributed by atoms with Gasteiger partial charge in [0.15, 0.2) is 11.5 Å². The first-order chi connectivity index (χ1) is 14.7. The number of rotatable bonds is 8. The highest BCUT2D eigenvalue weighted by Crippen LogP contribution is 2.32. The zero-order valence-corrected chi connectivity index (χ0v) is 17.5. The fourth-order valence-corrected chi connectivity index (χ4v) is 3.45. The summed E-state index contributed by atoms with van der Waals surface area (Å²) < 4.78 is 15.7. The first kappa shape index (κ1) is 22.4. The number of aliphatic carboxylic acids is 1. The van der Waals surface area contributed by atoms with Crippen LogP contribution in [0.5, 0.6) is 11.5 Å². The molecule has 2 amide bonds. The highest BCUT2D eigenvalue weighted by Gasteiger charge is 2.42. The van der Waals surface area contributed by atoms with Crippen molar-refractivity contribution >= 4 is 23.8 Å². The molecule has 1 atom stereocenters. The number of ether oxygens (including phenoxy) is 3. The molecule has 1 unspecified atom stereocenters. The molecule has 0 aliphatic carbocycles. The van der Waals surface area contributed by atoms with Crippen molar-refractivity contribution in [2.45, 2.75) is 39.2 Å². The van der Waals surface area contributed by atoms with E-state index >= 15 is 0 Å². The molecule has 1 aromatic carbocycles. The molecule has 2 heterocycles. The van der Waals surface area contributed by atoms with Crippen molar-refractivity contribution in [3.8, 4) is 11.5 Å². The van der Waals surface area contributed by atoms with Gasteiger partial charge in [-0.2, -0.15) is 0 Å². The van der Waals surface area contributed by atoms with Crippen LogP contribution in [0.4, 0.5) is 4.79 Å². The van der Waals surface area contributed by atoms with E-state index in [1.54, 1.807) is 6.07 Å². The van der Waals surface area contributed by atoms with Crippen molar-refractivity contribution in [2.75, 3.05) is 26.5 Å². The maximum atomic E-state index is 12.6. The van der Waals surface area contributed by atoms with Gasteiger partial charge in [0.1, 0.15) is 12.6 Å². The summed E-state index contributed by atoms with van der Waals surface area (Å²) >= 11 is 0. The predicted octanol–water partition coefficient (Wildman–Crippen LogP) is 1.35. The molecule has 3 rings (SSSR count). The lowest BCUT2D eigenvalue weighted by Gasteiger charge is -2.27. The standard InChI is InChI=1S/C21H26N2O8/c1-21(2,17(24)18(25)23-9-3-4-14(23)19(26)27)11-29-20(28)22-8-7-13-5-6-15-16(10-13)31-12-30-15/h5-6,10,14H,3-4,7-9,11-12H2,1-2H3,(H,22,28)(H,26,27). The highest BCUT2D eigenvalue weighted by molar-refractivity contribution is 6.38. The van der Waals surface area contributed by atoms with E-state index in [1.807, 2.05) is 12.1 Å². The van der Waals surface area contributed by atoms with Gasteiger partial charge >= 0.3 is 12.1 Å². The number of hydrogen-bond donors (Lipinski definition) is 2. The molecule has 2 N–H and O–H groups in total. The van der Waals surface area contributed by atoms with Crippen LogP contribution in [-0.2, 0) is 25.5 Å². The fourth-order valence-electron chi connectivity index (χ4n) is 3.45. The average molecular weight is 434 g/mol. The van der Waals surface area contributed by atoms with Crippen LogP contribution in [0, 0.1) is 5.41 Å². The maximum absolute atomic E-state index is 12.6. The molecule has 168 valence electrons. The van der Waals surface area contributed by atoms with Crippen molar-refractivity contribution in [3.05, 3.63) is 23.8 Å². The first-order valence-electron chi connectivity index (χ1n) is 10.1. The van der Waals surface area contributed by atoms with Crippen LogP contribution < -0.4 is 14.8 Å². The largest absolute Gasteiger partial charge is 0.480 e. The van der Waals surface area contributed by atoms with Gasteiger partial charge in [0.25, 0.3) is 5.91 Å². The van der Waals surface area contributed by atoms with Crippen LogP contribution in [0.25, 0.3) is 0 Å². The molecular formula is C21H26N2O8. The Morgan fingerprint density at radius 2 is 1.97 bits per heavy atom. The van der Waals surface area contributed by atoms with Crippen LogP contribution in [0.15, 0.2) is 18.2 Å². The summed E-state index contributed by atoms with van der Waals surface area (Å²) in [5.41, 5.74) is -0.332. The monoisotopic (exact) mass is 434 g/mol. The van der Waals surface area contributed by atoms with Gasteiger partial charge < -0.3 is 29.5 Å². The number of Topliss-reactive ketones (excluding diaryl/α,β-unsaturated/α-hetero) is 1. The number of benzene rings is 1. The molecule has 2 aliphatic heterocycles. The van der Waals surface area contributed by atoms with Crippen LogP contribution in [0.1, 0.15) is 32.3 Å². The zero-order valence-electron chi connectivity index (χ0n) is 17.5. The number of amides is 2. The maximum Gasteiger partial charge on any atom is 0.407 e. The second kappa shape index (κ2) is 9.23. The molecule has 31 heavy (non-hydrogen) atoms. The number of nitrogens with zero attached hydrogens (tertiary/aromatic N) is 1. The van der Waals surface area contributed by atoms with Gasteiger partial charge in [-0.05, 0) is 50.8 Å². The van der Waals surface area contributed by atoms with E-state index in [-0.39, 0.29) is 19.9 Å². The van der Waals surface area contributed by atoms with Crippen molar-refractivity contribution in [2.24, 2.45) is 5.41 Å². The smallest absolute Gasteiger partial charge is 0.407 e. The molecule has 10 nitrogen and oxygen atoms in total. The highest BCUT2D eigenvalue weighted by atomic mass is 16.7. The summed E-state index contributed by atoms with van der Waals surface area (Å²) in [7, 11) is 0. The molecule has 1 fully saturated rings. The van der Waals surface area contributed by atoms with Gasteiger partial charge in [0, 0.05) is 13.1 Å². The molecule has 0 aromatic heterocycles. The minimum Gasteiger partial charge on any atom is -0.480 e. The van der Waals surface area contributed by atoms with E-state index < -0.39 is 35.2 Å². The molecule has 1 saturated heterocycles. The van der Waals surface area contributed by atoms with E-state index in [4.69, 9.17) is 14.2 Å². The summed E-state index contributed by atoms with van der Waals surface area (Å²) in [6, 6.07) is 4.52. The minimum atomic E-state index is -1.28. The number of carbonyl (C=O) groups is 4. The Bertz CT molecular complexity index is 882. The molecule has 2 aliphatic rings. The lowest BCUT2D eigenvalue weighted by atomic mass is 9.88. The molecular weight excluding hydrogens is 408 g/mol. The van der Waals surface area contributed by atoms with E-state index in [9.17, 15) is 24.3 Å². The first-order valence-corrected chi connectivity index (χ1v) is 10.1. The Hall–Kier alpha value is -3.30. The van der Waals surface area contributed by atoms with Gasteiger partial charge in [-0.15, -0.1) is 0 Å².